The van der Waals surface area contributed by atoms with Gasteiger partial charge in [0.1, 0.15) is 0 Å². The SMILES string of the molecule is CCCCCCCCCCCC[S][Sn]([S]CCCCCCCCCCCC)([C](=O)c1ccccc1)[C](=O)c1ccccc1. The van der Waals surface area contributed by atoms with E-state index in [1.165, 1.54) is 116 Å². The number of unbranched alkanes of at least 4 members (excludes halogenated alkanes) is 18. The molecule has 0 fully saturated rings. The summed E-state index contributed by atoms with van der Waals surface area (Å²) in [5.74, 6) is 1.85. The summed E-state index contributed by atoms with van der Waals surface area (Å²) < 4.78 is 0.329. The third kappa shape index (κ3) is 15.9. The van der Waals surface area contributed by atoms with Gasteiger partial charge in [-0.05, 0) is 0 Å². The molecule has 0 spiro atoms. The van der Waals surface area contributed by atoms with E-state index in [9.17, 15) is 9.59 Å². The van der Waals surface area contributed by atoms with Gasteiger partial charge in [0.15, 0.2) is 0 Å². The summed E-state index contributed by atoms with van der Waals surface area (Å²) in [7, 11) is 3.61. The number of benzene rings is 2. The van der Waals surface area contributed by atoms with Crippen molar-refractivity contribution in [3.8, 4) is 0 Å². The molecule has 2 nitrogen and oxygen atoms in total. The van der Waals surface area contributed by atoms with Crippen molar-refractivity contribution in [1.82, 2.24) is 0 Å². The second kappa shape index (κ2) is 25.5. The minimum absolute atomic E-state index is 0.165. The maximum atomic E-state index is 14.3. The van der Waals surface area contributed by atoms with Crippen molar-refractivity contribution in [3.05, 3.63) is 71.8 Å². The number of carbonyl (C=O) groups excluding carboxylic acids is 2. The van der Waals surface area contributed by atoms with E-state index in [-0.39, 0.29) is 7.60 Å². The third-order valence-corrected chi connectivity index (χ3v) is 35.3. The fourth-order valence-corrected chi connectivity index (χ4v) is 32.0. The summed E-state index contributed by atoms with van der Waals surface area (Å²) in [5.41, 5.74) is 1.46. The first kappa shape index (κ1) is 38.5. The van der Waals surface area contributed by atoms with Crippen LogP contribution in [0.25, 0.3) is 0 Å². The van der Waals surface area contributed by atoms with Gasteiger partial charge in [-0.3, -0.25) is 0 Å². The van der Waals surface area contributed by atoms with E-state index in [2.05, 4.69) is 13.8 Å². The Labute approximate surface area is 274 Å². The van der Waals surface area contributed by atoms with Gasteiger partial charge in [0.2, 0.25) is 0 Å². The van der Waals surface area contributed by atoms with Crippen molar-refractivity contribution in [2.24, 2.45) is 0 Å². The van der Waals surface area contributed by atoms with Gasteiger partial charge in [-0.2, -0.15) is 0 Å². The van der Waals surface area contributed by atoms with Gasteiger partial charge in [-0.15, -0.1) is 0 Å². The average Bonchev–Trinajstić information content (AvgIpc) is 3.05. The molecule has 0 N–H and O–H groups in total. The molecule has 0 aromatic heterocycles. The Morgan fingerprint density at radius 1 is 0.442 bits per heavy atom. The molecule has 0 saturated heterocycles. The van der Waals surface area contributed by atoms with Gasteiger partial charge in [0.05, 0.1) is 0 Å². The molecule has 43 heavy (non-hydrogen) atoms. The van der Waals surface area contributed by atoms with Gasteiger partial charge in [-0.25, -0.2) is 0 Å². The zero-order chi connectivity index (χ0) is 30.9. The van der Waals surface area contributed by atoms with Crippen LogP contribution in [0.3, 0.4) is 0 Å². The van der Waals surface area contributed by atoms with Crippen LogP contribution in [-0.2, 0) is 0 Å². The van der Waals surface area contributed by atoms with E-state index in [1.807, 2.05) is 78.6 Å². The fourth-order valence-electron chi connectivity index (χ4n) is 5.58. The Bertz CT molecular complexity index is 887. The van der Waals surface area contributed by atoms with E-state index >= 15 is 0 Å². The molecule has 5 heteroatoms. The van der Waals surface area contributed by atoms with Gasteiger partial charge in [0.25, 0.3) is 0 Å². The molecule has 240 valence electrons. The summed E-state index contributed by atoms with van der Waals surface area (Å²) in [4.78, 5) is 28.7. The molecule has 0 amide bonds. The Balaban J connectivity index is 1.98. The van der Waals surface area contributed by atoms with Gasteiger partial charge < -0.3 is 0 Å². The van der Waals surface area contributed by atoms with Gasteiger partial charge in [-0.1, -0.05) is 13.8 Å². The number of hydrogen-bond acceptors (Lipinski definition) is 4. The molecule has 0 unspecified atom stereocenters. The molecule has 0 saturated carbocycles. The molecule has 0 aliphatic carbocycles. The van der Waals surface area contributed by atoms with Gasteiger partial charge in [0, 0.05) is 0 Å². The summed E-state index contributed by atoms with van der Waals surface area (Å²) in [6.45, 7) is 4.54. The molecule has 2 aromatic carbocycles. The van der Waals surface area contributed by atoms with Crippen molar-refractivity contribution in [2.75, 3.05) is 11.5 Å². The summed E-state index contributed by atoms with van der Waals surface area (Å²) in [6, 6.07) is 19.4. The van der Waals surface area contributed by atoms with Crippen LogP contribution in [0.15, 0.2) is 60.7 Å². The molecule has 0 aliphatic heterocycles. The Hall–Kier alpha value is -0.721. The topological polar surface area (TPSA) is 34.1 Å². The van der Waals surface area contributed by atoms with Crippen LogP contribution in [-0.4, -0.2) is 34.7 Å². The van der Waals surface area contributed by atoms with E-state index in [4.69, 9.17) is 0 Å². The molecular weight excluding hydrogens is 671 g/mol. The Morgan fingerprint density at radius 3 is 1.02 bits per heavy atom. The summed E-state index contributed by atoms with van der Waals surface area (Å²) >= 11 is -4.13. The predicted octanol–water partition coefficient (Wildman–Crippen LogP) is 12.6. The third-order valence-electron chi connectivity index (χ3n) is 8.28. The van der Waals surface area contributed by atoms with Crippen molar-refractivity contribution < 1.29 is 9.59 Å². The molecule has 0 radical (unpaired) electrons. The van der Waals surface area contributed by atoms with Crippen molar-refractivity contribution >= 4 is 41.1 Å². The van der Waals surface area contributed by atoms with Crippen LogP contribution in [0.5, 0.6) is 0 Å². The summed E-state index contributed by atoms with van der Waals surface area (Å²) in [5, 5.41) is 0. The first-order chi connectivity index (χ1) is 21.2. The Kier molecular flexibility index (Phi) is 22.8. The molecule has 2 aromatic rings. The molecule has 2 rings (SSSR count). The summed E-state index contributed by atoms with van der Waals surface area (Å²) in [6.07, 6.45) is 26.0. The number of hydrogen-bond donors (Lipinski definition) is 0. The standard InChI is InChI=1S/2C12H26S.2C7H5O.Sn/c2*1-2-3-4-5-6-7-8-9-10-11-12-13;2*8-6-7-4-2-1-3-5-7;/h2*13H,2-12H2,1H3;2*1-5H;/q;;;;+2/p-2. The zero-order valence-corrected chi connectivity index (χ0v) is 31.9. The monoisotopic (exact) mass is 732 g/mol. The van der Waals surface area contributed by atoms with E-state index in [0.717, 1.165) is 35.5 Å². The average molecular weight is 732 g/mol. The number of rotatable bonds is 28. The second-order valence-electron chi connectivity index (χ2n) is 12.1. The van der Waals surface area contributed by atoms with Crippen LogP contribution in [0.4, 0.5) is 0 Å². The maximum absolute atomic E-state index is 14.3. The van der Waals surface area contributed by atoms with Crippen LogP contribution < -0.4 is 0 Å². The first-order valence-corrected chi connectivity index (χ1v) is 29.4. The van der Waals surface area contributed by atoms with Gasteiger partial charge >= 0.3 is 262 Å². The van der Waals surface area contributed by atoms with Crippen LogP contribution in [0.1, 0.15) is 163 Å². The van der Waals surface area contributed by atoms with Crippen molar-refractivity contribution in [3.63, 3.8) is 0 Å². The van der Waals surface area contributed by atoms with E-state index in [1.54, 1.807) is 0 Å². The molecule has 0 aliphatic rings. The molecule has 0 bridgehead atoms. The van der Waals surface area contributed by atoms with Crippen molar-refractivity contribution in [2.45, 2.75) is 142 Å². The fraction of sp³-hybridized carbons (Fsp3) is 0.632. The van der Waals surface area contributed by atoms with E-state index in [0.29, 0.717) is 0 Å². The predicted molar refractivity (Wildman–Crippen MR) is 196 cm³/mol. The Morgan fingerprint density at radius 2 is 0.721 bits per heavy atom. The number of carbonyl (C=O) groups is 2. The first-order valence-electron chi connectivity index (χ1n) is 17.6. The normalized spacial score (nSPS) is 11.6. The second-order valence-corrected chi connectivity index (χ2v) is 34.5. The van der Waals surface area contributed by atoms with Crippen LogP contribution in [0.2, 0.25) is 0 Å². The van der Waals surface area contributed by atoms with Crippen LogP contribution in [0, 0.1) is 0 Å². The van der Waals surface area contributed by atoms with Crippen molar-refractivity contribution in [1.29, 1.82) is 0 Å². The molecular formula is C38H60O2S2Sn. The zero-order valence-electron chi connectivity index (χ0n) is 27.5. The quantitative estimate of drug-likeness (QED) is 0.0645. The molecule has 0 atom stereocenters. The van der Waals surface area contributed by atoms with E-state index < -0.39 is 15.6 Å². The minimum atomic E-state index is -4.13. The van der Waals surface area contributed by atoms with Crippen LogP contribution >= 0.6 is 17.9 Å². The molecule has 0 heterocycles.